The fourth-order valence-electron chi connectivity index (χ4n) is 1.77. The zero-order valence-electron chi connectivity index (χ0n) is 9.64. The summed E-state index contributed by atoms with van der Waals surface area (Å²) in [5.41, 5.74) is 1.70. The molecule has 1 N–H and O–H groups in total. The van der Waals surface area contributed by atoms with Crippen LogP contribution >= 0.6 is 34.2 Å². The van der Waals surface area contributed by atoms with Gasteiger partial charge in [-0.05, 0) is 46.9 Å². The topological polar surface area (TPSA) is 50.7 Å². The van der Waals surface area contributed by atoms with Gasteiger partial charge in [-0.1, -0.05) is 11.6 Å². The maximum absolute atomic E-state index is 6.17. The van der Waals surface area contributed by atoms with Crippen molar-refractivity contribution >= 4 is 56.6 Å². The van der Waals surface area contributed by atoms with E-state index in [9.17, 15) is 0 Å². The molecular formula is C13H8ClIN4. The van der Waals surface area contributed by atoms with Gasteiger partial charge < -0.3 is 5.32 Å². The summed E-state index contributed by atoms with van der Waals surface area (Å²) in [5.74, 6) is 0.755. The van der Waals surface area contributed by atoms with Gasteiger partial charge in [-0.15, -0.1) is 0 Å². The lowest BCUT2D eigenvalue weighted by atomic mass is 10.2. The lowest BCUT2D eigenvalue weighted by Gasteiger charge is -2.10. The van der Waals surface area contributed by atoms with Crippen LogP contribution in [0.5, 0.6) is 0 Å². The summed E-state index contributed by atoms with van der Waals surface area (Å²) in [6.45, 7) is 0. The van der Waals surface area contributed by atoms with Crippen LogP contribution in [-0.2, 0) is 0 Å². The number of nitrogens with zero attached hydrogens (tertiary/aromatic N) is 3. The fraction of sp³-hybridized carbons (Fsp3) is 0. The van der Waals surface area contributed by atoms with Gasteiger partial charge in [0.2, 0.25) is 0 Å². The van der Waals surface area contributed by atoms with E-state index in [4.69, 9.17) is 11.6 Å². The molecule has 6 heteroatoms. The van der Waals surface area contributed by atoms with Gasteiger partial charge in [-0.25, -0.2) is 9.97 Å². The van der Waals surface area contributed by atoms with Crippen LogP contribution in [-0.4, -0.2) is 15.0 Å². The molecule has 0 aliphatic heterocycles. The molecule has 0 atom stereocenters. The predicted molar refractivity (Wildman–Crippen MR) is 84.8 cm³/mol. The average Bonchev–Trinajstić information content (AvgIpc) is 2.44. The Hall–Kier alpha value is -1.47. The van der Waals surface area contributed by atoms with Crippen LogP contribution in [0.2, 0.25) is 5.02 Å². The minimum absolute atomic E-state index is 0.686. The van der Waals surface area contributed by atoms with Crippen molar-refractivity contribution in [2.75, 3.05) is 5.32 Å². The summed E-state index contributed by atoms with van der Waals surface area (Å²) < 4.78 is 0.944. The van der Waals surface area contributed by atoms with Crippen molar-refractivity contribution in [1.29, 1.82) is 0 Å². The van der Waals surface area contributed by atoms with E-state index in [1.807, 2.05) is 24.3 Å². The van der Waals surface area contributed by atoms with Crippen molar-refractivity contribution < 1.29 is 0 Å². The molecule has 0 saturated heterocycles. The first-order chi connectivity index (χ1) is 9.25. The predicted octanol–water partition coefficient (Wildman–Crippen LogP) is 4.03. The Morgan fingerprint density at radius 3 is 2.89 bits per heavy atom. The third-order valence-corrected chi connectivity index (χ3v) is 3.76. The number of pyridine rings is 1. The van der Waals surface area contributed by atoms with Crippen molar-refractivity contribution in [2.24, 2.45) is 0 Å². The fourth-order valence-corrected chi connectivity index (χ4v) is 2.42. The van der Waals surface area contributed by atoms with Gasteiger partial charge in [0, 0.05) is 17.8 Å². The van der Waals surface area contributed by atoms with Gasteiger partial charge in [0.05, 0.1) is 19.8 Å². The van der Waals surface area contributed by atoms with E-state index in [0.29, 0.717) is 5.02 Å². The number of benzene rings is 1. The number of rotatable bonds is 2. The second kappa shape index (κ2) is 5.26. The van der Waals surface area contributed by atoms with Crippen molar-refractivity contribution in [3.63, 3.8) is 0 Å². The summed E-state index contributed by atoms with van der Waals surface area (Å²) in [6.07, 6.45) is 5.01. The second-order valence-electron chi connectivity index (χ2n) is 3.84. The lowest BCUT2D eigenvalue weighted by molar-refractivity contribution is 1.15. The molecule has 0 unspecified atom stereocenters. The Balaban J connectivity index is 2.12. The first kappa shape index (κ1) is 12.6. The monoisotopic (exact) mass is 382 g/mol. The zero-order chi connectivity index (χ0) is 13.2. The van der Waals surface area contributed by atoms with Gasteiger partial charge >= 0.3 is 0 Å². The minimum atomic E-state index is 0.686. The van der Waals surface area contributed by atoms with Crippen molar-refractivity contribution in [2.45, 2.75) is 0 Å². The molecule has 19 heavy (non-hydrogen) atoms. The smallest absolute Gasteiger partial charge is 0.147 e. The average molecular weight is 383 g/mol. The number of aromatic nitrogens is 3. The molecule has 0 spiro atoms. The van der Waals surface area contributed by atoms with Crippen LogP contribution in [0.3, 0.4) is 0 Å². The van der Waals surface area contributed by atoms with E-state index in [0.717, 1.165) is 26.0 Å². The first-order valence-corrected chi connectivity index (χ1v) is 6.97. The molecule has 0 radical (unpaired) electrons. The summed E-state index contributed by atoms with van der Waals surface area (Å²) >= 11 is 8.35. The van der Waals surface area contributed by atoms with Gasteiger partial charge in [-0.3, -0.25) is 4.98 Å². The SMILES string of the molecule is Clc1ccc(Nc2ncncc2I)c2ncccc12. The summed E-state index contributed by atoms with van der Waals surface area (Å²) in [7, 11) is 0. The molecule has 0 aliphatic rings. The molecule has 0 bridgehead atoms. The Morgan fingerprint density at radius 1 is 1.16 bits per heavy atom. The number of hydrogen-bond donors (Lipinski definition) is 1. The normalized spacial score (nSPS) is 10.6. The molecular weight excluding hydrogens is 375 g/mol. The number of anilines is 2. The quantitative estimate of drug-likeness (QED) is 0.680. The van der Waals surface area contributed by atoms with Crippen LogP contribution < -0.4 is 5.32 Å². The van der Waals surface area contributed by atoms with Crippen LogP contribution in [0.15, 0.2) is 43.0 Å². The maximum Gasteiger partial charge on any atom is 0.147 e. The van der Waals surface area contributed by atoms with Crippen LogP contribution in [0.1, 0.15) is 0 Å². The third-order valence-electron chi connectivity index (χ3n) is 2.64. The van der Waals surface area contributed by atoms with E-state index in [1.165, 1.54) is 6.33 Å². The van der Waals surface area contributed by atoms with Gasteiger partial charge in [0.25, 0.3) is 0 Å². The highest BCUT2D eigenvalue weighted by molar-refractivity contribution is 14.1. The van der Waals surface area contributed by atoms with Crippen molar-refractivity contribution in [3.8, 4) is 0 Å². The molecule has 2 aromatic heterocycles. The van der Waals surface area contributed by atoms with Gasteiger partial charge in [0.1, 0.15) is 12.1 Å². The van der Waals surface area contributed by atoms with Crippen LogP contribution in [0.4, 0.5) is 11.5 Å². The molecule has 2 heterocycles. The Bertz CT molecular complexity index is 748. The number of hydrogen-bond acceptors (Lipinski definition) is 4. The van der Waals surface area contributed by atoms with Crippen molar-refractivity contribution in [1.82, 2.24) is 15.0 Å². The highest BCUT2D eigenvalue weighted by Gasteiger charge is 2.08. The standard InChI is InChI=1S/C13H8ClIN4/c14-9-3-4-11(12-8(9)2-1-5-17-12)19-13-10(15)6-16-7-18-13/h1-7H,(H,16,18,19). The zero-order valence-corrected chi connectivity index (χ0v) is 12.6. The first-order valence-electron chi connectivity index (χ1n) is 5.51. The Kier molecular flexibility index (Phi) is 3.48. The minimum Gasteiger partial charge on any atom is -0.337 e. The van der Waals surface area contributed by atoms with Crippen LogP contribution in [0.25, 0.3) is 10.9 Å². The van der Waals surface area contributed by atoms with E-state index >= 15 is 0 Å². The summed E-state index contributed by atoms with van der Waals surface area (Å²) in [6, 6.07) is 7.56. The summed E-state index contributed by atoms with van der Waals surface area (Å²) in [5, 5.41) is 4.86. The third kappa shape index (κ3) is 2.48. The van der Waals surface area contributed by atoms with E-state index < -0.39 is 0 Å². The van der Waals surface area contributed by atoms with E-state index in [-0.39, 0.29) is 0 Å². The summed E-state index contributed by atoms with van der Waals surface area (Å²) in [4.78, 5) is 12.6. The molecule has 3 aromatic rings. The van der Waals surface area contributed by atoms with E-state index in [2.05, 4.69) is 42.9 Å². The van der Waals surface area contributed by atoms with Gasteiger partial charge in [0.15, 0.2) is 0 Å². The highest BCUT2D eigenvalue weighted by atomic mass is 127. The lowest BCUT2D eigenvalue weighted by Crippen LogP contribution is -1.98. The number of halogens is 2. The largest absolute Gasteiger partial charge is 0.337 e. The number of fused-ring (bicyclic) bond motifs is 1. The van der Waals surface area contributed by atoms with Crippen molar-refractivity contribution in [3.05, 3.63) is 51.6 Å². The maximum atomic E-state index is 6.17. The second-order valence-corrected chi connectivity index (χ2v) is 5.41. The molecule has 0 fully saturated rings. The van der Waals surface area contributed by atoms with Gasteiger partial charge in [-0.2, -0.15) is 0 Å². The molecule has 94 valence electrons. The Labute approximate surface area is 128 Å². The molecule has 0 amide bonds. The molecule has 4 nitrogen and oxygen atoms in total. The molecule has 0 saturated carbocycles. The number of nitrogens with one attached hydrogen (secondary N) is 1. The molecule has 1 aromatic carbocycles. The van der Waals surface area contributed by atoms with Crippen LogP contribution in [0, 0.1) is 3.57 Å². The van der Waals surface area contributed by atoms with E-state index in [1.54, 1.807) is 12.4 Å². The highest BCUT2D eigenvalue weighted by Crippen LogP contribution is 2.30. The Morgan fingerprint density at radius 2 is 2.05 bits per heavy atom. The molecule has 0 aliphatic carbocycles. The molecule has 3 rings (SSSR count).